The van der Waals surface area contributed by atoms with Crippen molar-refractivity contribution in [2.75, 3.05) is 12.4 Å². The molecule has 2 aromatic carbocycles. The molecule has 1 aliphatic rings. The molecule has 0 saturated heterocycles. The van der Waals surface area contributed by atoms with E-state index in [1.54, 1.807) is 7.11 Å². The van der Waals surface area contributed by atoms with Crippen molar-refractivity contribution in [2.24, 2.45) is 5.92 Å². The number of ether oxygens (including phenoxy) is 1. The van der Waals surface area contributed by atoms with Crippen LogP contribution in [0.25, 0.3) is 22.6 Å². The summed E-state index contributed by atoms with van der Waals surface area (Å²) in [7, 11) is 1.68. The van der Waals surface area contributed by atoms with Crippen molar-refractivity contribution in [1.82, 2.24) is 5.16 Å². The van der Waals surface area contributed by atoms with Crippen LogP contribution in [-0.2, 0) is 17.6 Å². The maximum atomic E-state index is 11.9. The highest BCUT2D eigenvalue weighted by Crippen LogP contribution is 2.39. The molecular formula is C23H24N2O3. The first-order valence-electron chi connectivity index (χ1n) is 9.61. The van der Waals surface area contributed by atoms with E-state index in [-0.39, 0.29) is 5.91 Å². The SMILES string of the molecule is COc1ccc2c(c1)CCc1c-2noc1-c1ccc(NC(=O)CC(C)C)cc1. The first-order chi connectivity index (χ1) is 13.5. The molecule has 0 spiro atoms. The molecule has 1 amide bonds. The van der Waals surface area contributed by atoms with Gasteiger partial charge < -0.3 is 14.6 Å². The summed E-state index contributed by atoms with van der Waals surface area (Å²) in [6.45, 7) is 4.06. The first kappa shape index (κ1) is 18.3. The third kappa shape index (κ3) is 3.52. The zero-order valence-electron chi connectivity index (χ0n) is 16.4. The first-order valence-corrected chi connectivity index (χ1v) is 9.61. The monoisotopic (exact) mass is 376 g/mol. The molecule has 0 radical (unpaired) electrons. The minimum Gasteiger partial charge on any atom is -0.497 e. The van der Waals surface area contributed by atoms with Gasteiger partial charge in [0.25, 0.3) is 0 Å². The standard InChI is InChI=1S/C23H24N2O3/c1-14(2)12-21(26)24-17-7-4-15(5-8-17)23-20-10-6-16-13-18(27-3)9-11-19(16)22(20)25-28-23/h4-5,7-9,11,13-14H,6,10,12H2,1-3H3,(H,24,26). The number of carbonyl (C=O) groups excluding carboxylic acids is 1. The molecule has 0 atom stereocenters. The molecule has 144 valence electrons. The van der Waals surface area contributed by atoms with Crippen molar-refractivity contribution in [3.05, 3.63) is 53.6 Å². The molecule has 0 saturated carbocycles. The van der Waals surface area contributed by atoms with E-state index in [2.05, 4.69) is 16.5 Å². The van der Waals surface area contributed by atoms with Crippen LogP contribution in [0.4, 0.5) is 5.69 Å². The molecule has 28 heavy (non-hydrogen) atoms. The highest BCUT2D eigenvalue weighted by molar-refractivity contribution is 5.91. The Kier molecular flexibility index (Phi) is 4.90. The number of fused-ring (bicyclic) bond motifs is 3. The van der Waals surface area contributed by atoms with Crippen LogP contribution in [0, 0.1) is 5.92 Å². The van der Waals surface area contributed by atoms with E-state index in [0.717, 1.165) is 52.4 Å². The number of aryl methyl sites for hydroxylation is 1. The van der Waals surface area contributed by atoms with Gasteiger partial charge in [0.2, 0.25) is 5.91 Å². The second-order valence-electron chi connectivity index (χ2n) is 7.59. The molecule has 5 heteroatoms. The van der Waals surface area contributed by atoms with E-state index in [0.29, 0.717) is 12.3 Å². The summed E-state index contributed by atoms with van der Waals surface area (Å²) in [5.41, 5.74) is 6.14. The number of anilines is 1. The van der Waals surface area contributed by atoms with Crippen molar-refractivity contribution >= 4 is 11.6 Å². The van der Waals surface area contributed by atoms with Crippen molar-refractivity contribution < 1.29 is 14.1 Å². The number of aromatic nitrogens is 1. The molecular weight excluding hydrogens is 352 g/mol. The van der Waals surface area contributed by atoms with Crippen LogP contribution >= 0.6 is 0 Å². The Morgan fingerprint density at radius 3 is 2.68 bits per heavy atom. The summed E-state index contributed by atoms with van der Waals surface area (Å²) in [5.74, 6) is 2.03. The second-order valence-corrected chi connectivity index (χ2v) is 7.59. The Morgan fingerprint density at radius 1 is 1.18 bits per heavy atom. The molecule has 0 fully saturated rings. The highest BCUT2D eigenvalue weighted by atomic mass is 16.5. The Labute approximate surface area is 164 Å². The van der Waals surface area contributed by atoms with Crippen molar-refractivity contribution in [2.45, 2.75) is 33.1 Å². The van der Waals surface area contributed by atoms with Gasteiger partial charge in [-0.1, -0.05) is 19.0 Å². The fraction of sp³-hybridized carbons (Fsp3) is 0.304. The largest absolute Gasteiger partial charge is 0.497 e. The van der Waals surface area contributed by atoms with Crippen LogP contribution in [0.1, 0.15) is 31.4 Å². The van der Waals surface area contributed by atoms with Crippen LogP contribution in [0.5, 0.6) is 5.75 Å². The van der Waals surface area contributed by atoms with Gasteiger partial charge >= 0.3 is 0 Å². The van der Waals surface area contributed by atoms with Gasteiger partial charge in [0.05, 0.1) is 7.11 Å². The zero-order chi connectivity index (χ0) is 19.7. The average molecular weight is 376 g/mol. The molecule has 1 aliphatic carbocycles. The van der Waals surface area contributed by atoms with Crippen molar-refractivity contribution in [3.63, 3.8) is 0 Å². The van der Waals surface area contributed by atoms with E-state index in [4.69, 9.17) is 9.26 Å². The van der Waals surface area contributed by atoms with Crippen molar-refractivity contribution in [1.29, 1.82) is 0 Å². The van der Waals surface area contributed by atoms with Gasteiger partial charge in [0.15, 0.2) is 5.76 Å². The predicted molar refractivity (Wildman–Crippen MR) is 109 cm³/mol. The minimum atomic E-state index is 0.0341. The Hall–Kier alpha value is -3.08. The third-order valence-electron chi connectivity index (χ3n) is 5.02. The summed E-state index contributed by atoms with van der Waals surface area (Å²) in [5, 5.41) is 7.28. The van der Waals surface area contributed by atoms with Crippen LogP contribution < -0.4 is 10.1 Å². The Bertz CT molecular complexity index is 1000. The molecule has 0 bridgehead atoms. The lowest BCUT2D eigenvalue weighted by atomic mass is 9.88. The van der Waals surface area contributed by atoms with E-state index >= 15 is 0 Å². The lowest BCUT2D eigenvalue weighted by Crippen LogP contribution is -2.13. The zero-order valence-corrected chi connectivity index (χ0v) is 16.4. The average Bonchev–Trinajstić information content (AvgIpc) is 3.12. The van der Waals surface area contributed by atoms with E-state index < -0.39 is 0 Å². The summed E-state index contributed by atoms with van der Waals surface area (Å²) < 4.78 is 11.1. The fourth-order valence-electron chi connectivity index (χ4n) is 3.66. The molecule has 1 aromatic heterocycles. The molecule has 5 nitrogen and oxygen atoms in total. The number of amides is 1. The summed E-state index contributed by atoms with van der Waals surface area (Å²) >= 11 is 0. The summed E-state index contributed by atoms with van der Waals surface area (Å²) in [4.78, 5) is 11.9. The normalized spacial score (nSPS) is 12.4. The van der Waals surface area contributed by atoms with Gasteiger partial charge in [-0.25, -0.2) is 0 Å². The number of nitrogens with one attached hydrogen (secondary N) is 1. The van der Waals surface area contributed by atoms with Crippen molar-refractivity contribution in [3.8, 4) is 28.3 Å². The van der Waals surface area contributed by atoms with Gasteiger partial charge in [-0.15, -0.1) is 0 Å². The van der Waals surface area contributed by atoms with Gasteiger partial charge in [-0.3, -0.25) is 4.79 Å². The lowest BCUT2D eigenvalue weighted by molar-refractivity contribution is -0.116. The van der Waals surface area contributed by atoms with E-state index in [1.807, 2.05) is 50.2 Å². The molecule has 1 N–H and O–H groups in total. The quantitative estimate of drug-likeness (QED) is 0.673. The summed E-state index contributed by atoms with van der Waals surface area (Å²) in [6, 6.07) is 13.8. The number of methoxy groups -OCH3 is 1. The number of hydrogen-bond donors (Lipinski definition) is 1. The highest BCUT2D eigenvalue weighted by Gasteiger charge is 2.25. The van der Waals surface area contributed by atoms with Crippen LogP contribution in [0.15, 0.2) is 47.0 Å². The number of benzene rings is 2. The predicted octanol–water partition coefficient (Wildman–Crippen LogP) is 5.10. The molecule has 3 aromatic rings. The maximum absolute atomic E-state index is 11.9. The Morgan fingerprint density at radius 2 is 1.96 bits per heavy atom. The second kappa shape index (κ2) is 7.50. The Balaban J connectivity index is 1.58. The van der Waals surface area contributed by atoms with Crippen LogP contribution in [-0.4, -0.2) is 18.2 Å². The summed E-state index contributed by atoms with van der Waals surface area (Å²) in [6.07, 6.45) is 2.32. The maximum Gasteiger partial charge on any atom is 0.224 e. The van der Waals surface area contributed by atoms with E-state index in [1.165, 1.54) is 5.56 Å². The van der Waals surface area contributed by atoms with Gasteiger partial charge in [0, 0.05) is 28.8 Å². The minimum absolute atomic E-state index is 0.0341. The smallest absolute Gasteiger partial charge is 0.224 e. The van der Waals surface area contributed by atoms with E-state index in [9.17, 15) is 4.79 Å². The van der Waals surface area contributed by atoms with Crippen LogP contribution in [0.2, 0.25) is 0 Å². The third-order valence-corrected chi connectivity index (χ3v) is 5.02. The molecule has 1 heterocycles. The topological polar surface area (TPSA) is 64.4 Å². The lowest BCUT2D eigenvalue weighted by Gasteiger charge is -2.16. The molecule has 0 unspecified atom stereocenters. The number of nitrogens with zero attached hydrogens (tertiary/aromatic N) is 1. The van der Waals surface area contributed by atoms with Crippen LogP contribution in [0.3, 0.4) is 0 Å². The fourth-order valence-corrected chi connectivity index (χ4v) is 3.66. The van der Waals surface area contributed by atoms with Gasteiger partial charge in [-0.2, -0.15) is 0 Å². The van der Waals surface area contributed by atoms with Gasteiger partial charge in [0.1, 0.15) is 11.4 Å². The number of carbonyl (C=O) groups is 1. The number of hydrogen-bond acceptors (Lipinski definition) is 4. The van der Waals surface area contributed by atoms with Gasteiger partial charge in [-0.05, 0) is 66.8 Å². The molecule has 0 aliphatic heterocycles. The number of rotatable bonds is 5. The molecule has 4 rings (SSSR count).